The standard InChI is InChI=1S/C11H25ClO6Si/c1-4-13-9-16-19(8-7-12,17-10-14-5-2)18-11-15-6-3/h4-11H2,1-3H3. The maximum absolute atomic E-state index is 5.80. The fraction of sp³-hybridized carbons (Fsp3) is 1.00. The second-order valence-corrected chi connectivity index (χ2v) is 6.50. The van der Waals surface area contributed by atoms with Crippen LogP contribution in [-0.2, 0) is 27.5 Å². The monoisotopic (exact) mass is 316 g/mol. The summed E-state index contributed by atoms with van der Waals surface area (Å²) in [5.41, 5.74) is 0. The molecule has 0 unspecified atom stereocenters. The molecule has 0 bridgehead atoms. The Kier molecular flexibility index (Phi) is 13.4. The van der Waals surface area contributed by atoms with Gasteiger partial charge in [-0.1, -0.05) is 0 Å². The van der Waals surface area contributed by atoms with Gasteiger partial charge in [0.1, 0.15) is 20.4 Å². The zero-order chi connectivity index (χ0) is 14.4. The van der Waals surface area contributed by atoms with E-state index in [-0.39, 0.29) is 20.4 Å². The van der Waals surface area contributed by atoms with E-state index < -0.39 is 8.80 Å². The van der Waals surface area contributed by atoms with Gasteiger partial charge in [-0.15, -0.1) is 11.6 Å². The van der Waals surface area contributed by atoms with E-state index in [9.17, 15) is 0 Å². The van der Waals surface area contributed by atoms with Crippen molar-refractivity contribution in [2.24, 2.45) is 0 Å². The van der Waals surface area contributed by atoms with Crippen LogP contribution in [0.15, 0.2) is 0 Å². The topological polar surface area (TPSA) is 55.4 Å². The number of hydrogen-bond donors (Lipinski definition) is 0. The van der Waals surface area contributed by atoms with Gasteiger partial charge in [-0.25, -0.2) is 0 Å². The molecular weight excluding hydrogens is 292 g/mol. The summed E-state index contributed by atoms with van der Waals surface area (Å²) >= 11 is 5.80. The Hall–Kier alpha value is 0.267. The zero-order valence-electron chi connectivity index (χ0n) is 12.0. The molecule has 0 aliphatic rings. The largest absolute Gasteiger partial charge is 0.507 e. The van der Waals surface area contributed by atoms with E-state index in [0.717, 1.165) is 0 Å². The van der Waals surface area contributed by atoms with Crippen LogP contribution in [0.25, 0.3) is 0 Å². The first-order chi connectivity index (χ1) is 9.24. The van der Waals surface area contributed by atoms with E-state index in [0.29, 0.717) is 31.7 Å². The molecular formula is C11H25ClO6Si. The van der Waals surface area contributed by atoms with Crippen molar-refractivity contribution < 1.29 is 27.5 Å². The molecule has 19 heavy (non-hydrogen) atoms. The van der Waals surface area contributed by atoms with Crippen LogP contribution in [0.5, 0.6) is 0 Å². The maximum atomic E-state index is 5.80. The Balaban J connectivity index is 4.37. The van der Waals surface area contributed by atoms with Gasteiger partial charge in [0, 0.05) is 31.7 Å². The summed E-state index contributed by atoms with van der Waals surface area (Å²) in [7, 11) is -2.91. The number of rotatable bonds is 14. The molecule has 0 aromatic carbocycles. The van der Waals surface area contributed by atoms with Gasteiger partial charge in [0.2, 0.25) is 0 Å². The number of ether oxygens (including phenoxy) is 3. The van der Waals surface area contributed by atoms with E-state index in [2.05, 4.69) is 0 Å². The van der Waals surface area contributed by atoms with Crippen molar-refractivity contribution >= 4 is 20.4 Å². The first-order valence-electron chi connectivity index (χ1n) is 6.45. The molecule has 116 valence electrons. The van der Waals surface area contributed by atoms with Crippen LogP contribution in [0.2, 0.25) is 6.04 Å². The van der Waals surface area contributed by atoms with E-state index in [1.807, 2.05) is 20.8 Å². The molecule has 0 aliphatic carbocycles. The summed E-state index contributed by atoms with van der Waals surface area (Å²) in [6, 6.07) is 0.474. The summed E-state index contributed by atoms with van der Waals surface area (Å²) in [5, 5.41) is 0. The van der Waals surface area contributed by atoms with Gasteiger partial charge in [-0.2, -0.15) is 0 Å². The molecule has 0 saturated heterocycles. The lowest BCUT2D eigenvalue weighted by molar-refractivity contribution is -0.0996. The molecule has 0 aliphatic heterocycles. The fourth-order valence-electron chi connectivity index (χ4n) is 1.10. The predicted octanol–water partition coefficient (Wildman–Crippen LogP) is 2.20. The quantitative estimate of drug-likeness (QED) is 0.212. The third kappa shape index (κ3) is 9.75. The van der Waals surface area contributed by atoms with Gasteiger partial charge in [-0.05, 0) is 20.8 Å². The lowest BCUT2D eigenvalue weighted by Gasteiger charge is -2.28. The van der Waals surface area contributed by atoms with Gasteiger partial charge < -0.3 is 27.5 Å². The van der Waals surface area contributed by atoms with Crippen molar-refractivity contribution in [3.05, 3.63) is 0 Å². The second kappa shape index (κ2) is 13.3. The second-order valence-electron chi connectivity index (χ2n) is 3.39. The lowest BCUT2D eigenvalue weighted by Crippen LogP contribution is -2.47. The summed E-state index contributed by atoms with van der Waals surface area (Å²) in [5.74, 6) is 0.372. The fourth-order valence-corrected chi connectivity index (χ4v) is 3.50. The summed E-state index contributed by atoms with van der Waals surface area (Å²) < 4.78 is 32.4. The van der Waals surface area contributed by atoms with E-state index in [1.54, 1.807) is 0 Å². The van der Waals surface area contributed by atoms with Crippen LogP contribution in [0.4, 0.5) is 0 Å². The van der Waals surface area contributed by atoms with Gasteiger partial charge in [0.05, 0.1) is 0 Å². The van der Waals surface area contributed by atoms with Crippen molar-refractivity contribution in [2.45, 2.75) is 26.8 Å². The van der Waals surface area contributed by atoms with Crippen LogP contribution in [0.1, 0.15) is 20.8 Å². The molecule has 0 N–H and O–H groups in total. The average Bonchev–Trinajstić information content (AvgIpc) is 2.40. The van der Waals surface area contributed by atoms with E-state index in [1.165, 1.54) is 0 Å². The van der Waals surface area contributed by atoms with Crippen LogP contribution in [0, 0.1) is 0 Å². The van der Waals surface area contributed by atoms with E-state index >= 15 is 0 Å². The highest BCUT2D eigenvalue weighted by molar-refractivity contribution is 6.61. The van der Waals surface area contributed by atoms with Crippen molar-refractivity contribution in [1.29, 1.82) is 0 Å². The normalized spacial score (nSPS) is 12.0. The molecule has 0 saturated carbocycles. The third-order valence-corrected chi connectivity index (χ3v) is 5.14. The molecule has 0 amide bonds. The van der Waals surface area contributed by atoms with Crippen LogP contribution >= 0.6 is 11.6 Å². The molecule has 0 aromatic rings. The highest BCUT2D eigenvalue weighted by atomic mass is 35.5. The summed E-state index contributed by atoms with van der Waals surface area (Å²) in [4.78, 5) is 0. The average molecular weight is 317 g/mol. The van der Waals surface area contributed by atoms with Crippen LogP contribution in [-0.4, -0.2) is 54.9 Å². The Morgan fingerprint density at radius 3 is 1.37 bits per heavy atom. The Morgan fingerprint density at radius 1 is 0.737 bits per heavy atom. The van der Waals surface area contributed by atoms with Gasteiger partial charge in [0.25, 0.3) is 0 Å². The highest BCUT2D eigenvalue weighted by Gasteiger charge is 2.41. The molecule has 0 rings (SSSR count). The minimum absolute atomic E-state index is 0.109. The van der Waals surface area contributed by atoms with Gasteiger partial charge in [0.15, 0.2) is 0 Å². The molecule has 8 heteroatoms. The van der Waals surface area contributed by atoms with Crippen molar-refractivity contribution in [3.8, 4) is 0 Å². The Labute approximate surface area is 121 Å². The molecule has 6 nitrogen and oxygen atoms in total. The SMILES string of the molecule is CCOCO[Si](CCCl)(OCOCC)OCOCC. The first-order valence-corrected chi connectivity index (χ1v) is 8.92. The maximum Gasteiger partial charge on any atom is 0.507 e. The number of halogens is 1. The molecule has 0 fully saturated rings. The Morgan fingerprint density at radius 2 is 1.11 bits per heavy atom. The molecule has 0 radical (unpaired) electrons. The lowest BCUT2D eigenvalue weighted by atomic mass is 10.9. The first kappa shape index (κ1) is 19.3. The van der Waals surface area contributed by atoms with Crippen LogP contribution < -0.4 is 0 Å². The van der Waals surface area contributed by atoms with Crippen molar-refractivity contribution in [1.82, 2.24) is 0 Å². The Bertz CT molecular complexity index is 171. The van der Waals surface area contributed by atoms with Gasteiger partial charge >= 0.3 is 8.80 Å². The van der Waals surface area contributed by atoms with E-state index in [4.69, 9.17) is 39.1 Å². The van der Waals surface area contributed by atoms with Gasteiger partial charge in [-0.3, -0.25) is 0 Å². The zero-order valence-corrected chi connectivity index (χ0v) is 13.7. The van der Waals surface area contributed by atoms with Crippen molar-refractivity contribution in [2.75, 3.05) is 46.1 Å². The minimum Gasteiger partial charge on any atom is -0.357 e. The van der Waals surface area contributed by atoms with Crippen molar-refractivity contribution in [3.63, 3.8) is 0 Å². The smallest absolute Gasteiger partial charge is 0.357 e. The van der Waals surface area contributed by atoms with Crippen LogP contribution in [0.3, 0.4) is 0 Å². The summed E-state index contributed by atoms with van der Waals surface area (Å²) in [6.07, 6.45) is 0. The highest BCUT2D eigenvalue weighted by Crippen LogP contribution is 2.17. The minimum atomic E-state index is -2.91. The molecule has 0 aromatic heterocycles. The molecule has 0 heterocycles. The molecule has 0 atom stereocenters. The number of hydrogen-bond acceptors (Lipinski definition) is 6. The number of alkyl halides is 1. The third-order valence-electron chi connectivity index (χ3n) is 2.10. The predicted molar refractivity (Wildman–Crippen MR) is 74.0 cm³/mol. The molecule has 0 spiro atoms. The summed E-state index contributed by atoms with van der Waals surface area (Å²) in [6.45, 7) is 7.66.